The van der Waals surface area contributed by atoms with Crippen molar-refractivity contribution in [3.05, 3.63) is 59.9 Å². The summed E-state index contributed by atoms with van der Waals surface area (Å²) in [6, 6.07) is 14.4. The van der Waals surface area contributed by atoms with Crippen molar-refractivity contribution in [2.45, 2.75) is 13.3 Å². The molecule has 6 heteroatoms. The van der Waals surface area contributed by atoms with Gasteiger partial charge in [-0.05, 0) is 30.2 Å². The summed E-state index contributed by atoms with van der Waals surface area (Å²) in [5.41, 5.74) is 1.70. The van der Waals surface area contributed by atoms with Gasteiger partial charge >= 0.3 is 6.03 Å². The van der Waals surface area contributed by atoms with Crippen LogP contribution in [0, 0.1) is 5.82 Å². The maximum Gasteiger partial charge on any atom is 0.320 e. The van der Waals surface area contributed by atoms with Crippen LogP contribution in [0.3, 0.4) is 0 Å². The van der Waals surface area contributed by atoms with Crippen LogP contribution in [0.25, 0.3) is 0 Å². The van der Waals surface area contributed by atoms with Gasteiger partial charge in [0.15, 0.2) is 6.73 Å². The molecule has 1 saturated heterocycles. The Hall–Kier alpha value is -2.76. The molecular formula is C20H24FN3O2. The fourth-order valence-corrected chi connectivity index (χ4v) is 3.08. The lowest BCUT2D eigenvalue weighted by molar-refractivity contribution is 0.181. The van der Waals surface area contributed by atoms with Gasteiger partial charge < -0.3 is 19.9 Å². The number of benzene rings is 2. The van der Waals surface area contributed by atoms with E-state index in [2.05, 4.69) is 12.2 Å². The van der Waals surface area contributed by atoms with Gasteiger partial charge in [-0.2, -0.15) is 0 Å². The molecule has 0 aliphatic carbocycles. The second-order valence-electron chi connectivity index (χ2n) is 6.16. The van der Waals surface area contributed by atoms with Crippen molar-refractivity contribution in [3.63, 3.8) is 0 Å². The van der Waals surface area contributed by atoms with Crippen LogP contribution in [0.2, 0.25) is 0 Å². The molecule has 26 heavy (non-hydrogen) atoms. The number of halogens is 1. The fourth-order valence-electron chi connectivity index (χ4n) is 3.08. The Kier molecular flexibility index (Phi) is 5.94. The average molecular weight is 357 g/mol. The third kappa shape index (κ3) is 4.25. The van der Waals surface area contributed by atoms with Crippen LogP contribution in [0.5, 0.6) is 5.75 Å². The van der Waals surface area contributed by atoms with Crippen LogP contribution < -0.4 is 15.0 Å². The number of ether oxygens (including phenoxy) is 1. The summed E-state index contributed by atoms with van der Waals surface area (Å²) in [4.78, 5) is 16.0. The van der Waals surface area contributed by atoms with Crippen molar-refractivity contribution in [1.82, 2.24) is 10.2 Å². The molecule has 2 aromatic rings. The average Bonchev–Trinajstić information content (AvgIpc) is 2.69. The number of hydrogen-bond acceptors (Lipinski definition) is 3. The molecule has 3 rings (SSSR count). The van der Waals surface area contributed by atoms with Gasteiger partial charge in [0, 0.05) is 26.2 Å². The molecule has 0 aromatic heterocycles. The molecule has 0 atom stereocenters. The number of hydrogen-bond donors (Lipinski definition) is 1. The van der Waals surface area contributed by atoms with Gasteiger partial charge in [0.05, 0.1) is 5.69 Å². The molecule has 0 spiro atoms. The number of amides is 2. The molecule has 0 unspecified atom stereocenters. The number of piperazine rings is 1. The summed E-state index contributed by atoms with van der Waals surface area (Å²) in [6.07, 6.45) is 0.877. The van der Waals surface area contributed by atoms with Crippen LogP contribution in [-0.2, 0) is 6.42 Å². The molecule has 0 radical (unpaired) electrons. The van der Waals surface area contributed by atoms with E-state index in [1.54, 1.807) is 17.0 Å². The number of urea groups is 1. The molecular weight excluding hydrogens is 333 g/mol. The van der Waals surface area contributed by atoms with Crippen molar-refractivity contribution in [1.29, 1.82) is 0 Å². The monoisotopic (exact) mass is 357 g/mol. The number of nitrogens with one attached hydrogen (secondary N) is 1. The lowest BCUT2D eigenvalue weighted by Crippen LogP contribution is -2.52. The molecule has 1 heterocycles. The minimum Gasteiger partial charge on any atom is -0.473 e. The largest absolute Gasteiger partial charge is 0.473 e. The number of anilines is 1. The van der Waals surface area contributed by atoms with E-state index in [1.165, 1.54) is 6.07 Å². The van der Waals surface area contributed by atoms with E-state index < -0.39 is 0 Å². The number of aryl methyl sites for hydroxylation is 1. The van der Waals surface area contributed by atoms with Gasteiger partial charge in [0.25, 0.3) is 0 Å². The number of nitrogens with zero attached hydrogens (tertiary/aromatic N) is 2. The van der Waals surface area contributed by atoms with Crippen LogP contribution in [0.4, 0.5) is 14.9 Å². The zero-order valence-electron chi connectivity index (χ0n) is 15.0. The van der Waals surface area contributed by atoms with Crippen molar-refractivity contribution in [3.8, 4) is 5.75 Å². The summed E-state index contributed by atoms with van der Waals surface area (Å²) in [5, 5.41) is 2.79. The molecule has 2 aromatic carbocycles. The topological polar surface area (TPSA) is 44.8 Å². The Morgan fingerprint density at radius 1 is 1.08 bits per heavy atom. The highest BCUT2D eigenvalue weighted by molar-refractivity contribution is 5.74. The van der Waals surface area contributed by atoms with Gasteiger partial charge in [-0.15, -0.1) is 0 Å². The summed E-state index contributed by atoms with van der Waals surface area (Å²) in [7, 11) is 0. The molecule has 138 valence electrons. The number of carbonyl (C=O) groups is 1. The van der Waals surface area contributed by atoms with Gasteiger partial charge in [0.1, 0.15) is 11.6 Å². The van der Waals surface area contributed by atoms with Crippen molar-refractivity contribution in [2.75, 3.05) is 37.8 Å². The number of rotatable bonds is 5. The highest BCUT2D eigenvalue weighted by Crippen LogP contribution is 2.20. The first-order valence-electron chi connectivity index (χ1n) is 8.92. The molecule has 1 aliphatic rings. The predicted octanol–water partition coefficient (Wildman–Crippen LogP) is 3.26. The van der Waals surface area contributed by atoms with Crippen molar-refractivity contribution < 1.29 is 13.9 Å². The maximum absolute atomic E-state index is 13.9. The van der Waals surface area contributed by atoms with E-state index in [1.807, 2.05) is 35.2 Å². The van der Waals surface area contributed by atoms with Gasteiger partial charge in [-0.1, -0.05) is 37.3 Å². The lowest BCUT2D eigenvalue weighted by Gasteiger charge is -2.36. The minimum atomic E-state index is -0.228. The van der Waals surface area contributed by atoms with Crippen LogP contribution in [-0.4, -0.2) is 43.8 Å². The minimum absolute atomic E-state index is 0.128. The summed E-state index contributed by atoms with van der Waals surface area (Å²) < 4.78 is 19.5. The predicted molar refractivity (Wildman–Crippen MR) is 100 cm³/mol. The second-order valence-corrected chi connectivity index (χ2v) is 6.16. The lowest BCUT2D eigenvalue weighted by atomic mass is 10.1. The molecule has 1 aliphatic heterocycles. The Balaban J connectivity index is 1.46. The van der Waals surface area contributed by atoms with E-state index in [0.29, 0.717) is 31.9 Å². The fraction of sp³-hybridized carbons (Fsp3) is 0.350. The third-order valence-electron chi connectivity index (χ3n) is 4.56. The molecule has 0 bridgehead atoms. The molecule has 2 amide bonds. The zero-order chi connectivity index (χ0) is 18.4. The quantitative estimate of drug-likeness (QED) is 0.836. The van der Waals surface area contributed by atoms with Gasteiger partial charge in [-0.3, -0.25) is 0 Å². The van der Waals surface area contributed by atoms with E-state index in [-0.39, 0.29) is 18.6 Å². The standard InChI is InChI=1S/C20H24FN3O2/c1-2-16-7-3-6-10-19(16)26-15-22-20(25)24-13-11-23(12-14-24)18-9-5-4-8-17(18)21/h3-10H,2,11-15H2,1H3,(H,22,25). The van der Waals surface area contributed by atoms with Crippen LogP contribution >= 0.6 is 0 Å². The Morgan fingerprint density at radius 3 is 2.50 bits per heavy atom. The van der Waals surface area contributed by atoms with E-state index >= 15 is 0 Å². The van der Waals surface area contributed by atoms with Crippen molar-refractivity contribution in [2.24, 2.45) is 0 Å². The Bertz CT molecular complexity index is 745. The first-order valence-corrected chi connectivity index (χ1v) is 8.92. The Morgan fingerprint density at radius 2 is 1.77 bits per heavy atom. The van der Waals surface area contributed by atoms with E-state index in [4.69, 9.17) is 4.74 Å². The van der Waals surface area contributed by atoms with E-state index in [9.17, 15) is 9.18 Å². The summed E-state index contributed by atoms with van der Waals surface area (Å²) in [6.45, 7) is 4.50. The molecule has 5 nitrogen and oxygen atoms in total. The number of carbonyl (C=O) groups excluding carboxylic acids is 1. The first kappa shape index (κ1) is 18.0. The maximum atomic E-state index is 13.9. The molecule has 0 saturated carbocycles. The molecule has 1 N–H and O–H groups in total. The zero-order valence-corrected chi connectivity index (χ0v) is 15.0. The summed E-state index contributed by atoms with van der Waals surface area (Å²) in [5.74, 6) is 0.563. The normalized spacial score (nSPS) is 14.2. The van der Waals surface area contributed by atoms with Crippen molar-refractivity contribution >= 4 is 11.7 Å². The van der Waals surface area contributed by atoms with Crippen LogP contribution in [0.1, 0.15) is 12.5 Å². The third-order valence-corrected chi connectivity index (χ3v) is 4.56. The number of para-hydroxylation sites is 2. The van der Waals surface area contributed by atoms with Crippen LogP contribution in [0.15, 0.2) is 48.5 Å². The smallest absolute Gasteiger partial charge is 0.320 e. The van der Waals surface area contributed by atoms with E-state index in [0.717, 1.165) is 17.7 Å². The highest BCUT2D eigenvalue weighted by Gasteiger charge is 2.22. The summed E-state index contributed by atoms with van der Waals surface area (Å²) >= 11 is 0. The Labute approximate surface area is 153 Å². The second kappa shape index (κ2) is 8.56. The first-order chi connectivity index (χ1) is 12.7. The highest BCUT2D eigenvalue weighted by atomic mass is 19.1. The SMILES string of the molecule is CCc1ccccc1OCNC(=O)N1CCN(c2ccccc2F)CC1. The van der Waals surface area contributed by atoms with Gasteiger partial charge in [-0.25, -0.2) is 9.18 Å². The molecule has 1 fully saturated rings. The van der Waals surface area contributed by atoms with Gasteiger partial charge in [0.2, 0.25) is 0 Å².